The van der Waals surface area contributed by atoms with Crippen LogP contribution in [0.1, 0.15) is 18.6 Å². The van der Waals surface area contributed by atoms with Crippen molar-refractivity contribution in [3.63, 3.8) is 0 Å². The van der Waals surface area contributed by atoms with Crippen LogP contribution in [0.25, 0.3) is 0 Å². The summed E-state index contributed by atoms with van der Waals surface area (Å²) in [6.45, 7) is 2.96. The van der Waals surface area contributed by atoms with Gasteiger partial charge in [0.1, 0.15) is 6.10 Å². The van der Waals surface area contributed by atoms with Crippen LogP contribution in [0.5, 0.6) is 0 Å². The van der Waals surface area contributed by atoms with E-state index in [9.17, 15) is 0 Å². The number of hydroxylamine groups is 2. The van der Waals surface area contributed by atoms with Crippen molar-refractivity contribution in [2.45, 2.75) is 13.0 Å². The van der Waals surface area contributed by atoms with Gasteiger partial charge in [-0.3, -0.25) is 9.90 Å². The Labute approximate surface area is 78.4 Å². The first-order chi connectivity index (χ1) is 6.40. The van der Waals surface area contributed by atoms with Crippen LogP contribution in [0.3, 0.4) is 0 Å². The third-order valence-corrected chi connectivity index (χ3v) is 2.12. The average Bonchev–Trinajstić information content (AvgIpc) is 2.67. The summed E-state index contributed by atoms with van der Waals surface area (Å²) in [7, 11) is 0. The van der Waals surface area contributed by atoms with E-state index in [1.165, 1.54) is 5.56 Å². The van der Waals surface area contributed by atoms with E-state index in [4.69, 9.17) is 4.84 Å². The highest BCUT2D eigenvalue weighted by molar-refractivity contribution is 5.22. The van der Waals surface area contributed by atoms with Gasteiger partial charge in [0.15, 0.2) is 0 Å². The van der Waals surface area contributed by atoms with Gasteiger partial charge < -0.3 is 0 Å². The average molecular weight is 175 g/mol. The van der Waals surface area contributed by atoms with Gasteiger partial charge in [-0.1, -0.05) is 30.3 Å². The highest BCUT2D eigenvalue weighted by Gasteiger charge is 2.16. The first-order valence-electron chi connectivity index (χ1n) is 4.57. The van der Waals surface area contributed by atoms with Gasteiger partial charge in [-0.2, -0.15) is 0 Å². The molecule has 0 radical (unpaired) electrons. The third-order valence-electron chi connectivity index (χ3n) is 2.12. The summed E-state index contributed by atoms with van der Waals surface area (Å²) < 4.78 is 0. The number of nitrogens with zero attached hydrogens (tertiary/aromatic N) is 1. The Kier molecular flexibility index (Phi) is 2.32. The molecule has 68 valence electrons. The van der Waals surface area contributed by atoms with Crippen LogP contribution in [-0.4, -0.2) is 11.6 Å². The zero-order valence-electron chi connectivity index (χ0n) is 7.68. The third kappa shape index (κ3) is 1.73. The van der Waals surface area contributed by atoms with Crippen molar-refractivity contribution in [1.29, 1.82) is 0 Å². The molecular weight excluding hydrogens is 162 g/mol. The smallest absolute Gasteiger partial charge is 0.131 e. The Bertz CT molecular complexity index is 294. The molecule has 0 saturated heterocycles. The second-order valence-electron chi connectivity index (χ2n) is 3.01. The van der Waals surface area contributed by atoms with Gasteiger partial charge >= 0.3 is 0 Å². The molecule has 2 rings (SSSR count). The monoisotopic (exact) mass is 175 g/mol. The zero-order valence-corrected chi connectivity index (χ0v) is 7.68. The quantitative estimate of drug-likeness (QED) is 0.684. The molecular formula is C11H13NO. The number of hydrogen-bond acceptors (Lipinski definition) is 2. The van der Waals surface area contributed by atoms with Crippen LogP contribution in [0, 0.1) is 0 Å². The largest absolute Gasteiger partial charge is 0.262 e. The molecule has 1 aliphatic rings. The fourth-order valence-corrected chi connectivity index (χ4v) is 1.38. The minimum Gasteiger partial charge on any atom is -0.262 e. The van der Waals surface area contributed by atoms with Crippen molar-refractivity contribution in [3.8, 4) is 0 Å². The Balaban J connectivity index is 2.09. The maximum absolute atomic E-state index is 5.62. The van der Waals surface area contributed by atoms with E-state index in [0.717, 1.165) is 6.54 Å². The van der Waals surface area contributed by atoms with E-state index in [0.29, 0.717) is 0 Å². The molecule has 0 spiro atoms. The molecule has 0 fully saturated rings. The predicted octanol–water partition coefficient (Wildman–Crippen LogP) is 2.51. The van der Waals surface area contributed by atoms with Crippen molar-refractivity contribution in [3.05, 3.63) is 48.2 Å². The molecule has 13 heavy (non-hydrogen) atoms. The van der Waals surface area contributed by atoms with Crippen LogP contribution >= 0.6 is 0 Å². The normalized spacial score (nSPS) is 21.0. The van der Waals surface area contributed by atoms with E-state index < -0.39 is 0 Å². The zero-order chi connectivity index (χ0) is 9.10. The van der Waals surface area contributed by atoms with Crippen molar-refractivity contribution in [2.75, 3.05) is 6.54 Å². The summed E-state index contributed by atoms with van der Waals surface area (Å²) in [6.07, 6.45) is 4.15. The first-order valence-corrected chi connectivity index (χ1v) is 4.57. The lowest BCUT2D eigenvalue weighted by Crippen LogP contribution is -2.13. The van der Waals surface area contributed by atoms with Gasteiger partial charge in [-0.25, -0.2) is 0 Å². The molecule has 1 heterocycles. The maximum Gasteiger partial charge on any atom is 0.131 e. The van der Waals surface area contributed by atoms with Crippen molar-refractivity contribution >= 4 is 0 Å². The highest BCUT2D eigenvalue weighted by Crippen LogP contribution is 2.24. The van der Waals surface area contributed by atoms with E-state index in [1.807, 2.05) is 29.5 Å². The molecule has 1 aromatic rings. The molecule has 0 amide bonds. The molecule has 0 aliphatic carbocycles. The summed E-state index contributed by atoms with van der Waals surface area (Å²) >= 11 is 0. The molecule has 2 heteroatoms. The van der Waals surface area contributed by atoms with Crippen molar-refractivity contribution in [2.24, 2.45) is 0 Å². The van der Waals surface area contributed by atoms with Crippen LogP contribution < -0.4 is 0 Å². The second-order valence-corrected chi connectivity index (χ2v) is 3.01. The minimum atomic E-state index is 0.0983. The number of benzene rings is 1. The second kappa shape index (κ2) is 3.62. The standard InChI is InChI=1S/C11H13NO/c1-2-12-9-8-11(13-12)10-6-4-3-5-7-10/h3-9,11H,2H2,1H3. The van der Waals surface area contributed by atoms with Crippen LogP contribution in [0.4, 0.5) is 0 Å². The van der Waals surface area contributed by atoms with Gasteiger partial charge in [0, 0.05) is 12.7 Å². The summed E-state index contributed by atoms with van der Waals surface area (Å²) in [4.78, 5) is 5.62. The Morgan fingerprint density at radius 2 is 2.08 bits per heavy atom. The molecule has 1 aromatic carbocycles. The minimum absolute atomic E-state index is 0.0983. The highest BCUT2D eigenvalue weighted by atomic mass is 16.7. The summed E-state index contributed by atoms with van der Waals surface area (Å²) in [6, 6.07) is 10.2. The van der Waals surface area contributed by atoms with E-state index in [-0.39, 0.29) is 6.10 Å². The van der Waals surface area contributed by atoms with E-state index >= 15 is 0 Å². The lowest BCUT2D eigenvalue weighted by atomic mass is 10.1. The molecule has 1 aliphatic heterocycles. The molecule has 2 nitrogen and oxygen atoms in total. The van der Waals surface area contributed by atoms with Crippen LogP contribution in [0.15, 0.2) is 42.6 Å². The van der Waals surface area contributed by atoms with Gasteiger partial charge in [0.2, 0.25) is 0 Å². The van der Waals surface area contributed by atoms with Crippen molar-refractivity contribution in [1.82, 2.24) is 5.06 Å². The first kappa shape index (κ1) is 8.32. The fraction of sp³-hybridized carbons (Fsp3) is 0.273. The molecule has 1 unspecified atom stereocenters. The van der Waals surface area contributed by atoms with Gasteiger partial charge in [0.05, 0.1) is 0 Å². The fourth-order valence-electron chi connectivity index (χ4n) is 1.38. The Morgan fingerprint density at radius 3 is 2.69 bits per heavy atom. The number of rotatable bonds is 2. The van der Waals surface area contributed by atoms with Gasteiger partial charge in [-0.05, 0) is 18.6 Å². The Morgan fingerprint density at radius 1 is 1.31 bits per heavy atom. The van der Waals surface area contributed by atoms with Crippen LogP contribution in [-0.2, 0) is 4.84 Å². The number of hydrogen-bond donors (Lipinski definition) is 0. The van der Waals surface area contributed by atoms with E-state index in [2.05, 4.69) is 25.1 Å². The summed E-state index contributed by atoms with van der Waals surface area (Å²) in [5.41, 5.74) is 1.20. The van der Waals surface area contributed by atoms with Gasteiger partial charge in [0.25, 0.3) is 0 Å². The molecule has 0 aromatic heterocycles. The molecule has 1 atom stereocenters. The van der Waals surface area contributed by atoms with Gasteiger partial charge in [-0.15, -0.1) is 0 Å². The van der Waals surface area contributed by atoms with E-state index in [1.54, 1.807) is 0 Å². The lowest BCUT2D eigenvalue weighted by molar-refractivity contribution is -0.127. The molecule has 0 saturated carbocycles. The van der Waals surface area contributed by atoms with Crippen molar-refractivity contribution < 1.29 is 4.84 Å². The SMILES string of the molecule is CCN1C=CC(c2ccccc2)O1. The topological polar surface area (TPSA) is 12.5 Å². The lowest BCUT2D eigenvalue weighted by Gasteiger charge is -2.15. The summed E-state index contributed by atoms with van der Waals surface area (Å²) in [5.74, 6) is 0. The Hall–Kier alpha value is -1.28. The maximum atomic E-state index is 5.62. The summed E-state index contributed by atoms with van der Waals surface area (Å²) in [5, 5.41) is 1.84. The predicted molar refractivity (Wildman–Crippen MR) is 51.8 cm³/mol. The molecule has 0 bridgehead atoms. The molecule has 0 N–H and O–H groups in total. The van der Waals surface area contributed by atoms with Crippen LogP contribution in [0.2, 0.25) is 0 Å².